The fourth-order valence-corrected chi connectivity index (χ4v) is 4.15. The van der Waals surface area contributed by atoms with E-state index in [4.69, 9.17) is 10.5 Å². The second kappa shape index (κ2) is 13.1. The van der Waals surface area contributed by atoms with Gasteiger partial charge < -0.3 is 15.8 Å². The summed E-state index contributed by atoms with van der Waals surface area (Å²) in [4.78, 5) is 29.6. The van der Waals surface area contributed by atoms with E-state index in [2.05, 4.69) is 20.6 Å². The largest absolute Gasteiger partial charge is 0.443 e. The van der Waals surface area contributed by atoms with E-state index in [0.29, 0.717) is 18.8 Å². The van der Waals surface area contributed by atoms with Crippen LogP contribution in [0.3, 0.4) is 0 Å². The van der Waals surface area contributed by atoms with Crippen molar-refractivity contribution in [1.29, 1.82) is 0 Å². The normalized spacial score (nSPS) is 11.4. The van der Waals surface area contributed by atoms with Gasteiger partial charge in [0.15, 0.2) is 0 Å². The van der Waals surface area contributed by atoms with Gasteiger partial charge in [0.05, 0.1) is 23.7 Å². The topological polar surface area (TPSA) is 130 Å². The van der Waals surface area contributed by atoms with Gasteiger partial charge in [0.25, 0.3) is 0 Å². The van der Waals surface area contributed by atoms with Crippen LogP contribution in [-0.4, -0.2) is 54.4 Å². The van der Waals surface area contributed by atoms with Gasteiger partial charge in [0.2, 0.25) is 11.9 Å². The van der Waals surface area contributed by atoms with Crippen LogP contribution in [0.1, 0.15) is 51.4 Å². The number of thioether (sulfide) groups is 1. The third-order valence-electron chi connectivity index (χ3n) is 5.10. The maximum atomic E-state index is 12.2. The number of rotatable bonds is 12. The van der Waals surface area contributed by atoms with E-state index in [1.165, 1.54) is 16.3 Å². The minimum Gasteiger partial charge on any atom is -0.443 e. The molecule has 36 heavy (non-hydrogen) atoms. The van der Waals surface area contributed by atoms with Gasteiger partial charge in [0, 0.05) is 23.8 Å². The highest BCUT2D eigenvalue weighted by Gasteiger charge is 2.20. The lowest BCUT2D eigenvalue weighted by Gasteiger charge is -2.19. The molecule has 3 rings (SSSR count). The van der Waals surface area contributed by atoms with Gasteiger partial charge in [0.1, 0.15) is 5.60 Å². The third-order valence-corrected chi connectivity index (χ3v) is 6.11. The molecule has 11 heteroatoms. The molecular weight excluding hydrogens is 478 g/mol. The summed E-state index contributed by atoms with van der Waals surface area (Å²) in [5, 5.41) is 11.3. The van der Waals surface area contributed by atoms with Crippen molar-refractivity contribution in [3.05, 3.63) is 54.1 Å². The minimum atomic E-state index is -0.592. The molecule has 0 spiro atoms. The standard InChI is InChI=1S/C25H35N7O3S/c1-25(2,3)35-24(34)32-17-19(28-23(32)26)10-6-4-7-11-20-16-31(30-29-20)15-14-27-22(33)18-36-21-12-8-5-9-13-21/h5,8-9,12-13,16-17H,4,6-7,10-11,14-15,18H2,1-3H3,(H2,26,28)(H,27,33). The monoisotopic (exact) mass is 513 g/mol. The van der Waals surface area contributed by atoms with Crippen LogP contribution in [0, 0.1) is 0 Å². The lowest BCUT2D eigenvalue weighted by Crippen LogP contribution is -2.28. The van der Waals surface area contributed by atoms with Gasteiger partial charge in [-0.2, -0.15) is 0 Å². The predicted molar refractivity (Wildman–Crippen MR) is 140 cm³/mol. The molecule has 0 bridgehead atoms. The minimum absolute atomic E-state index is 0.00174. The van der Waals surface area contributed by atoms with Crippen LogP contribution in [0.2, 0.25) is 0 Å². The molecule has 0 fully saturated rings. The highest BCUT2D eigenvalue weighted by molar-refractivity contribution is 8.00. The SMILES string of the molecule is CC(C)(C)OC(=O)n1cc(CCCCCc2cn(CCNC(=O)CSc3ccccc3)nn2)nc1N. The number of nitrogens with zero attached hydrogens (tertiary/aromatic N) is 5. The Morgan fingerprint density at radius 3 is 2.50 bits per heavy atom. The number of benzene rings is 1. The van der Waals surface area contributed by atoms with Crippen LogP contribution in [0.4, 0.5) is 10.7 Å². The molecule has 0 saturated carbocycles. The van der Waals surface area contributed by atoms with Crippen molar-refractivity contribution < 1.29 is 14.3 Å². The van der Waals surface area contributed by atoms with E-state index in [1.54, 1.807) is 10.9 Å². The number of carbonyl (C=O) groups is 2. The molecule has 1 aromatic carbocycles. The third kappa shape index (κ3) is 9.37. The number of carbonyl (C=O) groups excluding carboxylic acids is 2. The summed E-state index contributed by atoms with van der Waals surface area (Å²) in [6.07, 6.45) is 7.49. The Labute approximate surface area is 216 Å². The maximum Gasteiger partial charge on any atom is 0.421 e. The molecule has 0 saturated heterocycles. The van der Waals surface area contributed by atoms with E-state index in [1.807, 2.05) is 57.3 Å². The molecule has 2 heterocycles. The molecule has 0 aliphatic rings. The summed E-state index contributed by atoms with van der Waals surface area (Å²) < 4.78 is 8.35. The molecule has 194 valence electrons. The van der Waals surface area contributed by atoms with Gasteiger partial charge in [-0.3, -0.25) is 9.48 Å². The average Bonchev–Trinajstić information content (AvgIpc) is 3.43. The number of imidazole rings is 1. The molecule has 2 aromatic heterocycles. The Morgan fingerprint density at radius 2 is 1.78 bits per heavy atom. The number of aromatic nitrogens is 5. The second-order valence-electron chi connectivity index (χ2n) is 9.43. The molecule has 10 nitrogen and oxygen atoms in total. The zero-order valence-electron chi connectivity index (χ0n) is 21.1. The summed E-state index contributed by atoms with van der Waals surface area (Å²) >= 11 is 1.52. The van der Waals surface area contributed by atoms with E-state index in [0.717, 1.165) is 48.4 Å². The summed E-state index contributed by atoms with van der Waals surface area (Å²) in [5.41, 5.74) is 6.98. The van der Waals surface area contributed by atoms with Crippen LogP contribution in [0.25, 0.3) is 0 Å². The number of anilines is 1. The van der Waals surface area contributed by atoms with Crippen molar-refractivity contribution in [2.24, 2.45) is 0 Å². The van der Waals surface area contributed by atoms with E-state index in [9.17, 15) is 9.59 Å². The molecule has 3 N–H and O–H groups in total. The molecular formula is C25H35N7O3S. The molecule has 0 radical (unpaired) electrons. The highest BCUT2D eigenvalue weighted by atomic mass is 32.2. The van der Waals surface area contributed by atoms with Crippen molar-refractivity contribution in [3.63, 3.8) is 0 Å². The summed E-state index contributed by atoms with van der Waals surface area (Å²) in [6.45, 7) is 6.52. The van der Waals surface area contributed by atoms with Gasteiger partial charge in [-0.25, -0.2) is 14.3 Å². The van der Waals surface area contributed by atoms with Crippen LogP contribution >= 0.6 is 11.8 Å². The summed E-state index contributed by atoms with van der Waals surface area (Å²) in [5.74, 6) is 0.532. The molecule has 1 amide bonds. The molecule has 3 aromatic rings. The first kappa shape index (κ1) is 27.3. The average molecular weight is 514 g/mol. The number of nitrogens with one attached hydrogen (secondary N) is 1. The first-order valence-electron chi connectivity index (χ1n) is 12.1. The number of ether oxygens (including phenoxy) is 1. The molecule has 0 unspecified atom stereocenters. The maximum absolute atomic E-state index is 12.2. The van der Waals surface area contributed by atoms with Gasteiger partial charge >= 0.3 is 6.09 Å². The number of nitrogens with two attached hydrogens (primary N) is 1. The number of amides is 1. The van der Waals surface area contributed by atoms with E-state index >= 15 is 0 Å². The fourth-order valence-electron chi connectivity index (χ4n) is 3.40. The number of hydrogen-bond donors (Lipinski definition) is 2. The lowest BCUT2D eigenvalue weighted by molar-refractivity contribution is -0.118. The Bertz CT molecular complexity index is 1120. The number of unbranched alkanes of at least 4 members (excludes halogenated alkanes) is 2. The zero-order chi connectivity index (χ0) is 26.0. The van der Waals surface area contributed by atoms with Crippen LogP contribution in [0.15, 0.2) is 47.6 Å². The summed E-state index contributed by atoms with van der Waals surface area (Å²) in [6, 6.07) is 9.86. The first-order valence-corrected chi connectivity index (χ1v) is 13.1. The quantitative estimate of drug-likeness (QED) is 0.277. The van der Waals surface area contributed by atoms with Crippen LogP contribution in [0.5, 0.6) is 0 Å². The molecule has 0 atom stereocenters. The Balaban J connectivity index is 1.29. The van der Waals surface area contributed by atoms with E-state index < -0.39 is 11.7 Å². The number of nitrogen functional groups attached to an aromatic ring is 1. The molecule has 0 aliphatic carbocycles. The van der Waals surface area contributed by atoms with E-state index in [-0.39, 0.29) is 11.9 Å². The van der Waals surface area contributed by atoms with Crippen LogP contribution in [-0.2, 0) is 28.9 Å². The Hall–Kier alpha value is -3.34. The predicted octanol–water partition coefficient (Wildman–Crippen LogP) is 3.70. The second-order valence-corrected chi connectivity index (χ2v) is 10.5. The van der Waals surface area contributed by atoms with Gasteiger partial charge in [-0.15, -0.1) is 16.9 Å². The fraction of sp³-hybridized carbons (Fsp3) is 0.480. The van der Waals surface area contributed by atoms with Gasteiger partial charge in [-0.05, 0) is 58.6 Å². The first-order chi connectivity index (χ1) is 17.2. The van der Waals surface area contributed by atoms with Crippen LogP contribution < -0.4 is 11.1 Å². The Kier molecular flexibility index (Phi) is 9.92. The van der Waals surface area contributed by atoms with Crippen molar-refractivity contribution in [1.82, 2.24) is 29.9 Å². The van der Waals surface area contributed by atoms with Crippen molar-refractivity contribution in [2.75, 3.05) is 18.0 Å². The van der Waals surface area contributed by atoms with Crippen molar-refractivity contribution in [2.45, 2.75) is 69.9 Å². The number of hydrogen-bond acceptors (Lipinski definition) is 8. The van der Waals surface area contributed by atoms with Gasteiger partial charge in [-0.1, -0.05) is 29.8 Å². The smallest absolute Gasteiger partial charge is 0.421 e. The zero-order valence-corrected chi connectivity index (χ0v) is 22.0. The Morgan fingerprint density at radius 1 is 1.06 bits per heavy atom. The molecule has 0 aliphatic heterocycles. The highest BCUT2D eigenvalue weighted by Crippen LogP contribution is 2.16. The number of aryl methyl sites for hydroxylation is 2. The van der Waals surface area contributed by atoms with Crippen molar-refractivity contribution in [3.8, 4) is 0 Å². The summed E-state index contributed by atoms with van der Waals surface area (Å²) in [7, 11) is 0. The lowest BCUT2D eigenvalue weighted by atomic mass is 10.1. The van der Waals surface area contributed by atoms with Crippen molar-refractivity contribution >= 4 is 29.7 Å².